The highest BCUT2D eigenvalue weighted by atomic mass is 16.5. The lowest BCUT2D eigenvalue weighted by Crippen LogP contribution is -1.96. The zero-order valence-electron chi connectivity index (χ0n) is 31.6. The average molecular weight is 751 g/mol. The Morgan fingerprint density at radius 3 is 1.26 bits per heavy atom. The van der Waals surface area contributed by atoms with Gasteiger partial charge in [0.1, 0.15) is 23.0 Å². The molecule has 0 aliphatic heterocycles. The summed E-state index contributed by atoms with van der Waals surface area (Å²) in [7, 11) is 0. The van der Waals surface area contributed by atoms with Crippen molar-refractivity contribution in [2.24, 2.45) is 0 Å². The third-order valence-electron chi connectivity index (χ3n) is 9.72. The van der Waals surface area contributed by atoms with Crippen LogP contribution < -0.4 is 18.9 Å². The lowest BCUT2D eigenvalue weighted by atomic mass is 9.98. The minimum Gasteiger partial charge on any atom is -0.457 e. The third kappa shape index (κ3) is 8.37. The molecular formula is C54H38O4. The third-order valence-corrected chi connectivity index (χ3v) is 9.72. The Kier molecular flexibility index (Phi) is 10.5. The van der Waals surface area contributed by atoms with E-state index in [1.807, 2.05) is 127 Å². The molecule has 0 N–H and O–H groups in total. The van der Waals surface area contributed by atoms with Gasteiger partial charge < -0.3 is 18.9 Å². The van der Waals surface area contributed by atoms with E-state index < -0.39 is 0 Å². The highest BCUT2D eigenvalue weighted by Gasteiger charge is 2.18. The van der Waals surface area contributed by atoms with Crippen LogP contribution in [0.4, 0.5) is 0 Å². The topological polar surface area (TPSA) is 36.9 Å². The lowest BCUT2D eigenvalue weighted by Gasteiger charge is -2.18. The van der Waals surface area contributed by atoms with Gasteiger partial charge in [-0.1, -0.05) is 152 Å². The molecule has 0 fully saturated rings. The van der Waals surface area contributed by atoms with Gasteiger partial charge in [-0.3, -0.25) is 0 Å². The predicted octanol–water partition coefficient (Wildman–Crippen LogP) is 15.5. The van der Waals surface area contributed by atoms with Crippen molar-refractivity contribution >= 4 is 0 Å². The maximum atomic E-state index is 6.78. The van der Waals surface area contributed by atoms with Gasteiger partial charge in [0.15, 0.2) is 23.0 Å². The molecule has 0 aliphatic rings. The van der Waals surface area contributed by atoms with Crippen molar-refractivity contribution in [1.29, 1.82) is 0 Å². The Morgan fingerprint density at radius 1 is 0.207 bits per heavy atom. The highest BCUT2D eigenvalue weighted by Crippen LogP contribution is 2.46. The van der Waals surface area contributed by atoms with E-state index >= 15 is 0 Å². The van der Waals surface area contributed by atoms with Crippen molar-refractivity contribution < 1.29 is 18.9 Å². The fraction of sp³-hybridized carbons (Fsp3) is 0. The highest BCUT2D eigenvalue weighted by molar-refractivity contribution is 5.79. The summed E-state index contributed by atoms with van der Waals surface area (Å²) < 4.78 is 25.9. The first-order valence-corrected chi connectivity index (χ1v) is 19.2. The van der Waals surface area contributed by atoms with Gasteiger partial charge in [0.05, 0.1) is 0 Å². The Morgan fingerprint density at radius 2 is 0.603 bits per heavy atom. The molecule has 9 aromatic carbocycles. The predicted molar refractivity (Wildman–Crippen MR) is 234 cm³/mol. The van der Waals surface area contributed by atoms with E-state index in [0.717, 1.165) is 50.6 Å². The van der Waals surface area contributed by atoms with E-state index in [4.69, 9.17) is 18.9 Å². The molecule has 278 valence electrons. The molecular weight excluding hydrogens is 713 g/mol. The Bertz CT molecular complexity index is 2760. The average Bonchev–Trinajstić information content (AvgIpc) is 3.29. The van der Waals surface area contributed by atoms with Crippen LogP contribution in [0.25, 0.3) is 44.5 Å². The van der Waals surface area contributed by atoms with E-state index in [2.05, 4.69) is 103 Å². The number of hydrogen-bond acceptors (Lipinski definition) is 4. The van der Waals surface area contributed by atoms with E-state index in [1.165, 1.54) is 11.1 Å². The number of rotatable bonds is 12. The minimum absolute atomic E-state index is 0.565. The first-order chi connectivity index (χ1) is 28.7. The van der Waals surface area contributed by atoms with Crippen LogP contribution in [-0.4, -0.2) is 0 Å². The number of para-hydroxylation sites is 5. The number of hydrogen-bond donors (Lipinski definition) is 0. The summed E-state index contributed by atoms with van der Waals surface area (Å²) in [6, 6.07) is 76.9. The molecule has 0 spiro atoms. The SMILES string of the molecule is c1ccc(Oc2ccccc2Oc2c(Oc3ccccc3)cccc2-c2cccc(-c3ccc(Oc4cccc(-c5cccc(-c6ccccc6)c5)c4)cc3)c2)cc1. The van der Waals surface area contributed by atoms with Crippen LogP contribution in [0.1, 0.15) is 0 Å². The number of ether oxygens (including phenoxy) is 4. The fourth-order valence-electron chi connectivity index (χ4n) is 6.85. The summed E-state index contributed by atoms with van der Waals surface area (Å²) in [6.07, 6.45) is 0. The largest absolute Gasteiger partial charge is 0.457 e. The monoisotopic (exact) mass is 750 g/mol. The van der Waals surface area contributed by atoms with E-state index in [1.54, 1.807) is 0 Å². The molecule has 9 aromatic rings. The van der Waals surface area contributed by atoms with Gasteiger partial charge >= 0.3 is 0 Å². The summed E-state index contributed by atoms with van der Waals surface area (Å²) in [5.41, 5.74) is 8.56. The molecule has 0 radical (unpaired) electrons. The van der Waals surface area contributed by atoms with Crippen molar-refractivity contribution in [2.45, 2.75) is 0 Å². The summed E-state index contributed by atoms with van der Waals surface area (Å²) in [6.45, 7) is 0. The summed E-state index contributed by atoms with van der Waals surface area (Å²) in [4.78, 5) is 0. The van der Waals surface area contributed by atoms with Crippen LogP contribution in [0.15, 0.2) is 231 Å². The molecule has 9 rings (SSSR count). The molecule has 0 saturated heterocycles. The van der Waals surface area contributed by atoms with Crippen LogP contribution >= 0.6 is 0 Å². The molecule has 4 nitrogen and oxygen atoms in total. The molecule has 0 atom stereocenters. The van der Waals surface area contributed by atoms with Crippen LogP contribution in [0, 0.1) is 0 Å². The summed E-state index contributed by atoms with van der Waals surface area (Å²) >= 11 is 0. The molecule has 0 amide bonds. The Balaban J connectivity index is 0.986. The van der Waals surface area contributed by atoms with E-state index in [-0.39, 0.29) is 0 Å². The first kappa shape index (κ1) is 35.9. The van der Waals surface area contributed by atoms with Crippen molar-refractivity contribution in [1.82, 2.24) is 0 Å². The molecule has 0 saturated carbocycles. The molecule has 0 aromatic heterocycles. The van der Waals surface area contributed by atoms with Crippen molar-refractivity contribution in [3.63, 3.8) is 0 Å². The molecule has 0 heterocycles. The summed E-state index contributed by atoms with van der Waals surface area (Å²) in [5.74, 6) is 5.27. The molecule has 4 heteroatoms. The molecule has 0 bridgehead atoms. The van der Waals surface area contributed by atoms with Crippen LogP contribution in [0.3, 0.4) is 0 Å². The van der Waals surface area contributed by atoms with Crippen LogP contribution in [0.5, 0.6) is 46.0 Å². The van der Waals surface area contributed by atoms with Gasteiger partial charge in [0, 0.05) is 5.56 Å². The minimum atomic E-state index is 0.565. The molecule has 0 aliphatic carbocycles. The fourth-order valence-corrected chi connectivity index (χ4v) is 6.85. The van der Waals surface area contributed by atoms with Crippen molar-refractivity contribution in [3.05, 3.63) is 231 Å². The zero-order chi connectivity index (χ0) is 38.9. The van der Waals surface area contributed by atoms with Crippen LogP contribution in [0.2, 0.25) is 0 Å². The second-order valence-corrected chi connectivity index (χ2v) is 13.7. The van der Waals surface area contributed by atoms with Gasteiger partial charge in [-0.25, -0.2) is 0 Å². The molecule has 0 unspecified atom stereocenters. The van der Waals surface area contributed by atoms with E-state index in [0.29, 0.717) is 28.7 Å². The second-order valence-electron chi connectivity index (χ2n) is 13.7. The number of benzene rings is 9. The maximum Gasteiger partial charge on any atom is 0.177 e. The standard InChI is InChI=1S/C54H38O4/c1-4-16-39(17-5-1)41-18-12-20-43(36-41)44-21-14-27-49(38-44)55-48-34-32-40(33-35-48)42-19-13-22-45(37-42)50-28-15-31-53(57-47-25-8-3-9-26-47)54(50)58-52-30-11-10-29-51(52)56-46-23-6-2-7-24-46/h1-38H. The van der Waals surface area contributed by atoms with Gasteiger partial charge in [0.25, 0.3) is 0 Å². The second kappa shape index (κ2) is 16.9. The van der Waals surface area contributed by atoms with Gasteiger partial charge in [-0.15, -0.1) is 0 Å². The van der Waals surface area contributed by atoms with Crippen LogP contribution in [-0.2, 0) is 0 Å². The first-order valence-electron chi connectivity index (χ1n) is 19.2. The Hall–Kier alpha value is -7.82. The van der Waals surface area contributed by atoms with Gasteiger partial charge in [-0.2, -0.15) is 0 Å². The summed E-state index contributed by atoms with van der Waals surface area (Å²) in [5, 5.41) is 0. The van der Waals surface area contributed by atoms with Gasteiger partial charge in [-0.05, 0) is 118 Å². The molecule has 58 heavy (non-hydrogen) atoms. The lowest BCUT2D eigenvalue weighted by molar-refractivity contribution is 0.395. The van der Waals surface area contributed by atoms with Crippen molar-refractivity contribution in [2.75, 3.05) is 0 Å². The van der Waals surface area contributed by atoms with Gasteiger partial charge in [0.2, 0.25) is 0 Å². The quantitative estimate of drug-likeness (QED) is 0.125. The van der Waals surface area contributed by atoms with E-state index in [9.17, 15) is 0 Å². The normalized spacial score (nSPS) is 10.8. The Labute approximate surface area is 338 Å². The maximum absolute atomic E-state index is 6.78. The zero-order valence-corrected chi connectivity index (χ0v) is 31.6. The van der Waals surface area contributed by atoms with Crippen molar-refractivity contribution in [3.8, 4) is 90.5 Å². The smallest absolute Gasteiger partial charge is 0.177 e.